The van der Waals surface area contributed by atoms with Crippen molar-refractivity contribution in [3.05, 3.63) is 59.2 Å². The molecule has 2 aromatic carbocycles. The Hall–Kier alpha value is -2.47. The number of benzene rings is 2. The van der Waals surface area contributed by atoms with Crippen molar-refractivity contribution in [2.45, 2.75) is 31.8 Å². The van der Waals surface area contributed by atoms with Crippen LogP contribution in [0.2, 0.25) is 0 Å². The minimum Gasteiger partial charge on any atom is -0.449 e. The summed E-state index contributed by atoms with van der Waals surface area (Å²) >= 11 is 0. The third kappa shape index (κ3) is 4.76. The Morgan fingerprint density at radius 2 is 1.80 bits per heavy atom. The van der Waals surface area contributed by atoms with Crippen LogP contribution < -0.4 is 5.32 Å². The average Bonchev–Trinajstić information content (AvgIpc) is 2.57. The van der Waals surface area contributed by atoms with Crippen molar-refractivity contribution < 1.29 is 18.5 Å². The van der Waals surface area contributed by atoms with Gasteiger partial charge >= 0.3 is 5.97 Å². The molecule has 0 radical (unpaired) electrons. The summed E-state index contributed by atoms with van der Waals surface area (Å²) < 4.78 is 17.0. The summed E-state index contributed by atoms with van der Waals surface area (Å²) in [5.41, 5.74) is 2.83. The molecular weight excluding hydrogens is 338 g/mol. The summed E-state index contributed by atoms with van der Waals surface area (Å²) in [6.45, 7) is 5.32. The maximum atomic E-state index is 12.3. The van der Waals surface area contributed by atoms with E-state index >= 15 is 0 Å². The highest BCUT2D eigenvalue weighted by Crippen LogP contribution is 2.18. The van der Waals surface area contributed by atoms with Gasteiger partial charge in [-0.1, -0.05) is 24.3 Å². The molecule has 2 aromatic rings. The predicted octanol–water partition coefficient (Wildman–Crippen LogP) is 3.22. The normalized spacial score (nSPS) is 13.0. The maximum Gasteiger partial charge on any atom is 0.340 e. The zero-order valence-corrected chi connectivity index (χ0v) is 15.5. The van der Waals surface area contributed by atoms with E-state index in [2.05, 4.69) is 5.32 Å². The lowest BCUT2D eigenvalue weighted by Crippen LogP contribution is -2.30. The van der Waals surface area contributed by atoms with Gasteiger partial charge in [0.1, 0.15) is 0 Å². The van der Waals surface area contributed by atoms with Crippen LogP contribution in [0.4, 0.5) is 5.69 Å². The Labute approximate surface area is 149 Å². The molecule has 0 saturated carbocycles. The monoisotopic (exact) mass is 359 g/mol. The van der Waals surface area contributed by atoms with Crippen molar-refractivity contribution >= 4 is 28.4 Å². The molecule has 0 fully saturated rings. The van der Waals surface area contributed by atoms with Gasteiger partial charge in [-0.2, -0.15) is 0 Å². The summed E-state index contributed by atoms with van der Waals surface area (Å²) in [6.07, 6.45) is 0.508. The molecule has 0 bridgehead atoms. The van der Waals surface area contributed by atoms with Gasteiger partial charge in [-0.3, -0.25) is 9.00 Å². The number of hydrogen-bond acceptors (Lipinski definition) is 4. The van der Waals surface area contributed by atoms with Gasteiger partial charge in [-0.05, 0) is 50.1 Å². The number of nitrogens with one attached hydrogen (secondary N) is 1. The molecule has 6 heteroatoms. The molecule has 0 aromatic heterocycles. The number of hydrogen-bond donors (Lipinski definition) is 1. The molecule has 1 amide bonds. The quantitative estimate of drug-likeness (QED) is 0.832. The van der Waals surface area contributed by atoms with Crippen molar-refractivity contribution in [2.75, 3.05) is 11.6 Å². The lowest BCUT2D eigenvalue weighted by Gasteiger charge is -2.16. The Bertz CT molecular complexity index is 832. The summed E-state index contributed by atoms with van der Waals surface area (Å²) in [4.78, 5) is 25.0. The van der Waals surface area contributed by atoms with E-state index in [1.165, 1.54) is 19.2 Å². The molecule has 2 atom stereocenters. The Morgan fingerprint density at radius 1 is 1.12 bits per heavy atom. The highest BCUT2D eigenvalue weighted by Gasteiger charge is 2.22. The van der Waals surface area contributed by atoms with Crippen molar-refractivity contribution in [1.82, 2.24) is 0 Å². The molecule has 0 aliphatic heterocycles. The van der Waals surface area contributed by atoms with Gasteiger partial charge in [0.2, 0.25) is 0 Å². The largest absolute Gasteiger partial charge is 0.449 e. The van der Waals surface area contributed by atoms with Crippen LogP contribution in [0.15, 0.2) is 47.4 Å². The maximum absolute atomic E-state index is 12.3. The molecule has 0 saturated heterocycles. The van der Waals surface area contributed by atoms with Crippen LogP contribution in [0.5, 0.6) is 0 Å². The predicted molar refractivity (Wildman–Crippen MR) is 98.2 cm³/mol. The zero-order valence-electron chi connectivity index (χ0n) is 14.7. The van der Waals surface area contributed by atoms with Gasteiger partial charge in [0, 0.05) is 11.9 Å². The van der Waals surface area contributed by atoms with Crippen LogP contribution in [0, 0.1) is 13.8 Å². The van der Waals surface area contributed by atoms with Crippen LogP contribution in [0.3, 0.4) is 0 Å². The van der Waals surface area contributed by atoms with E-state index < -0.39 is 28.8 Å². The van der Waals surface area contributed by atoms with Gasteiger partial charge in [0.15, 0.2) is 6.10 Å². The van der Waals surface area contributed by atoms with E-state index in [9.17, 15) is 13.8 Å². The number of amides is 1. The number of carbonyl (C=O) groups is 2. The molecule has 5 nitrogen and oxygen atoms in total. The fourth-order valence-electron chi connectivity index (χ4n) is 2.27. The minimum absolute atomic E-state index is 0.203. The van der Waals surface area contributed by atoms with Crippen molar-refractivity contribution in [2.24, 2.45) is 0 Å². The highest BCUT2D eigenvalue weighted by molar-refractivity contribution is 7.84. The van der Waals surface area contributed by atoms with Gasteiger partial charge in [0.05, 0.1) is 21.3 Å². The number of aryl methyl sites for hydroxylation is 2. The first-order valence-corrected chi connectivity index (χ1v) is 9.37. The third-order valence-electron chi connectivity index (χ3n) is 3.72. The summed E-state index contributed by atoms with van der Waals surface area (Å²) in [6, 6.07) is 12.2. The van der Waals surface area contributed by atoms with Crippen molar-refractivity contribution in [3.63, 3.8) is 0 Å². The van der Waals surface area contributed by atoms with E-state index in [1.807, 2.05) is 32.0 Å². The van der Waals surface area contributed by atoms with Crippen LogP contribution in [0.25, 0.3) is 0 Å². The molecule has 0 spiro atoms. The number of rotatable bonds is 5. The van der Waals surface area contributed by atoms with Gasteiger partial charge < -0.3 is 10.1 Å². The second-order valence-corrected chi connectivity index (χ2v) is 7.15. The number of esters is 1. The van der Waals surface area contributed by atoms with E-state index in [0.717, 1.165) is 11.1 Å². The first-order valence-electron chi connectivity index (χ1n) is 7.81. The smallest absolute Gasteiger partial charge is 0.340 e. The molecule has 2 rings (SSSR count). The average molecular weight is 359 g/mol. The Kier molecular flexibility index (Phi) is 6.09. The summed E-state index contributed by atoms with van der Waals surface area (Å²) in [5.74, 6) is -1.09. The third-order valence-corrected chi connectivity index (χ3v) is 4.70. The molecule has 1 N–H and O–H groups in total. The molecule has 0 unspecified atom stereocenters. The fraction of sp³-hybridized carbons (Fsp3) is 0.263. The minimum atomic E-state index is -1.33. The molecule has 132 valence electrons. The first kappa shape index (κ1) is 18.9. The number of ether oxygens (including phenoxy) is 1. The second kappa shape index (κ2) is 8.07. The standard InChI is InChI=1S/C19H21NO4S/c1-12-9-10-13(2)16(11-12)20-18(21)14(3)24-19(22)15-7-5-6-8-17(15)25(4)23/h5-11,14H,1-4H3,(H,20,21)/t14-,25-/m0/s1. The zero-order chi connectivity index (χ0) is 18.6. The molecule has 0 heterocycles. The summed E-state index contributed by atoms with van der Waals surface area (Å²) in [5, 5.41) is 2.77. The van der Waals surface area contributed by atoms with E-state index in [0.29, 0.717) is 10.6 Å². The van der Waals surface area contributed by atoms with Crippen LogP contribution >= 0.6 is 0 Å². The van der Waals surface area contributed by atoms with E-state index in [1.54, 1.807) is 18.2 Å². The molecular formula is C19H21NO4S. The molecule has 0 aliphatic carbocycles. The number of carbonyl (C=O) groups excluding carboxylic acids is 2. The van der Waals surface area contributed by atoms with Gasteiger partial charge in [-0.15, -0.1) is 0 Å². The molecule has 25 heavy (non-hydrogen) atoms. The van der Waals surface area contributed by atoms with Crippen molar-refractivity contribution in [3.8, 4) is 0 Å². The number of anilines is 1. The van der Waals surface area contributed by atoms with Gasteiger partial charge in [-0.25, -0.2) is 4.79 Å². The van der Waals surface area contributed by atoms with Crippen LogP contribution in [-0.4, -0.2) is 28.4 Å². The molecule has 0 aliphatic rings. The lowest BCUT2D eigenvalue weighted by molar-refractivity contribution is -0.123. The lowest BCUT2D eigenvalue weighted by atomic mass is 10.1. The van der Waals surface area contributed by atoms with Crippen molar-refractivity contribution in [1.29, 1.82) is 0 Å². The Balaban J connectivity index is 2.10. The van der Waals surface area contributed by atoms with E-state index in [4.69, 9.17) is 4.74 Å². The highest BCUT2D eigenvalue weighted by atomic mass is 32.2. The van der Waals surface area contributed by atoms with Gasteiger partial charge in [0.25, 0.3) is 5.91 Å². The first-order chi connectivity index (χ1) is 11.8. The SMILES string of the molecule is Cc1ccc(C)c(NC(=O)[C@H](C)OC(=O)c2ccccc2[S@](C)=O)c1. The summed E-state index contributed by atoms with van der Waals surface area (Å²) in [7, 11) is -1.33. The second-order valence-electron chi connectivity index (χ2n) is 5.81. The van der Waals surface area contributed by atoms with E-state index in [-0.39, 0.29) is 5.56 Å². The fourth-order valence-corrected chi connectivity index (χ4v) is 3.00. The van der Waals surface area contributed by atoms with Crippen LogP contribution in [-0.2, 0) is 20.3 Å². The topological polar surface area (TPSA) is 72.5 Å². The van der Waals surface area contributed by atoms with Crippen LogP contribution in [0.1, 0.15) is 28.4 Å². The Morgan fingerprint density at radius 3 is 2.48 bits per heavy atom.